The number of nitrogens with zero attached hydrogens (tertiary/aromatic N) is 3. The Kier molecular flexibility index (Phi) is 6.01. The molecule has 2 aliphatic heterocycles. The van der Waals surface area contributed by atoms with Crippen molar-refractivity contribution in [2.24, 2.45) is 9.98 Å². The Bertz CT molecular complexity index is 981. The first-order valence-corrected chi connectivity index (χ1v) is 11.3. The maximum atomic E-state index is 12.7. The Hall–Kier alpha value is -2.51. The topological polar surface area (TPSA) is 66.3 Å². The highest BCUT2D eigenvalue weighted by molar-refractivity contribution is 8.15. The first kappa shape index (κ1) is 20.8. The van der Waals surface area contributed by atoms with Gasteiger partial charge in [0.15, 0.2) is 5.66 Å². The number of piperidine rings is 1. The van der Waals surface area contributed by atoms with E-state index in [1.165, 1.54) is 0 Å². The molecule has 2 aromatic carbocycles. The number of nitrogens with one attached hydrogen (secondary N) is 1. The first-order chi connectivity index (χ1) is 14.5. The van der Waals surface area contributed by atoms with Crippen LogP contribution in [0.2, 0.25) is 5.02 Å². The van der Waals surface area contributed by atoms with Gasteiger partial charge in [-0.05, 0) is 42.7 Å². The molecule has 4 rings (SSSR count). The highest BCUT2D eigenvalue weighted by Crippen LogP contribution is 2.35. The van der Waals surface area contributed by atoms with E-state index in [0.29, 0.717) is 31.0 Å². The van der Waals surface area contributed by atoms with E-state index in [0.717, 1.165) is 27.8 Å². The Labute approximate surface area is 185 Å². The third-order valence-electron chi connectivity index (χ3n) is 5.34. The van der Waals surface area contributed by atoms with Crippen molar-refractivity contribution in [3.8, 4) is 5.75 Å². The lowest BCUT2D eigenvalue weighted by atomic mass is 9.98. The van der Waals surface area contributed by atoms with Gasteiger partial charge in [0.25, 0.3) is 0 Å². The average molecular weight is 443 g/mol. The summed E-state index contributed by atoms with van der Waals surface area (Å²) in [6, 6.07) is 14.9. The number of hydrogen-bond donors (Lipinski definition) is 1. The van der Waals surface area contributed by atoms with Gasteiger partial charge in [-0.1, -0.05) is 23.7 Å². The summed E-state index contributed by atoms with van der Waals surface area (Å²) in [6.07, 6.45) is 3.41. The number of anilines is 1. The van der Waals surface area contributed by atoms with Gasteiger partial charge in [-0.2, -0.15) is 0 Å². The van der Waals surface area contributed by atoms with Crippen molar-refractivity contribution in [3.63, 3.8) is 0 Å². The second-order valence-corrected chi connectivity index (χ2v) is 8.45. The van der Waals surface area contributed by atoms with Gasteiger partial charge in [0, 0.05) is 42.2 Å². The molecule has 1 spiro atoms. The molecular weight excluding hydrogens is 420 g/mol. The second-order valence-electron chi connectivity index (χ2n) is 7.22. The van der Waals surface area contributed by atoms with Crippen LogP contribution in [0.4, 0.5) is 10.5 Å². The van der Waals surface area contributed by atoms with Crippen LogP contribution in [0.1, 0.15) is 18.4 Å². The number of urea groups is 1. The zero-order valence-electron chi connectivity index (χ0n) is 16.9. The summed E-state index contributed by atoms with van der Waals surface area (Å²) < 4.78 is 5.15. The van der Waals surface area contributed by atoms with Crippen LogP contribution in [-0.4, -0.2) is 53.8 Å². The van der Waals surface area contributed by atoms with Crippen LogP contribution in [0.15, 0.2) is 58.5 Å². The number of carbonyl (C=O) groups excluding carboxylic acids is 1. The molecule has 0 aromatic heterocycles. The molecule has 30 heavy (non-hydrogen) atoms. The molecule has 2 amide bonds. The molecule has 8 heteroatoms. The molecule has 156 valence electrons. The molecule has 1 saturated heterocycles. The van der Waals surface area contributed by atoms with Gasteiger partial charge in [-0.25, -0.2) is 9.79 Å². The number of thioether (sulfide) groups is 1. The van der Waals surface area contributed by atoms with Gasteiger partial charge in [0.2, 0.25) is 0 Å². The number of rotatable bonds is 3. The van der Waals surface area contributed by atoms with Crippen LogP contribution in [0.25, 0.3) is 0 Å². The lowest BCUT2D eigenvalue weighted by Gasteiger charge is -2.35. The quantitative estimate of drug-likeness (QED) is 0.732. The maximum Gasteiger partial charge on any atom is 0.321 e. The molecule has 1 fully saturated rings. The zero-order chi connectivity index (χ0) is 21.1. The van der Waals surface area contributed by atoms with Gasteiger partial charge in [-0.3, -0.25) is 4.99 Å². The van der Waals surface area contributed by atoms with Gasteiger partial charge >= 0.3 is 6.03 Å². The molecule has 1 N–H and O–H groups in total. The molecule has 0 atom stereocenters. The zero-order valence-corrected chi connectivity index (χ0v) is 18.5. The number of halogens is 1. The van der Waals surface area contributed by atoms with Crippen LogP contribution in [0.5, 0.6) is 5.75 Å². The van der Waals surface area contributed by atoms with E-state index < -0.39 is 5.66 Å². The van der Waals surface area contributed by atoms with Crippen molar-refractivity contribution >= 4 is 45.8 Å². The van der Waals surface area contributed by atoms with Gasteiger partial charge < -0.3 is 15.0 Å². The van der Waals surface area contributed by atoms with E-state index >= 15 is 0 Å². The van der Waals surface area contributed by atoms with E-state index in [1.54, 1.807) is 18.9 Å². The van der Waals surface area contributed by atoms with Crippen molar-refractivity contribution in [1.29, 1.82) is 0 Å². The Morgan fingerprint density at radius 2 is 1.77 bits per heavy atom. The molecule has 0 bridgehead atoms. The predicted octanol–water partition coefficient (Wildman–Crippen LogP) is 4.94. The summed E-state index contributed by atoms with van der Waals surface area (Å²) >= 11 is 7.63. The third-order valence-corrected chi connectivity index (χ3v) is 6.26. The smallest absolute Gasteiger partial charge is 0.321 e. The Balaban J connectivity index is 1.43. The number of likely N-dealkylation sites (tertiary alicyclic amines) is 1. The van der Waals surface area contributed by atoms with Crippen LogP contribution < -0.4 is 10.1 Å². The van der Waals surface area contributed by atoms with Crippen molar-refractivity contribution in [2.45, 2.75) is 18.5 Å². The average Bonchev–Trinajstić information content (AvgIpc) is 3.13. The fraction of sp³-hybridized carbons (Fsp3) is 0.318. The number of hydrogen-bond acceptors (Lipinski definition) is 5. The standard InChI is InChI=1S/C22H23ClN4O2S/c1-29-18-9-7-17(8-10-18)24-21(28)27-13-11-22(12-14-27)25-19(20(26-22)30-2)15-3-5-16(23)6-4-15/h3-10H,11-14H2,1-2H3,(H,24,28). The molecule has 0 saturated carbocycles. The number of ether oxygens (including phenoxy) is 1. The van der Waals surface area contributed by atoms with Gasteiger partial charge in [-0.15, -0.1) is 11.8 Å². The fourth-order valence-electron chi connectivity index (χ4n) is 3.63. The minimum atomic E-state index is -0.482. The number of amides is 2. The summed E-state index contributed by atoms with van der Waals surface area (Å²) in [7, 11) is 1.62. The molecule has 2 aliphatic rings. The summed E-state index contributed by atoms with van der Waals surface area (Å²) in [5, 5.41) is 4.58. The van der Waals surface area contributed by atoms with E-state index in [4.69, 9.17) is 26.3 Å². The van der Waals surface area contributed by atoms with Crippen LogP contribution in [-0.2, 0) is 0 Å². The largest absolute Gasteiger partial charge is 0.497 e. The summed E-state index contributed by atoms with van der Waals surface area (Å²) in [6.45, 7) is 1.20. The lowest BCUT2D eigenvalue weighted by Crippen LogP contribution is -2.46. The normalized spacial score (nSPS) is 17.5. The van der Waals surface area contributed by atoms with Crippen molar-refractivity contribution < 1.29 is 9.53 Å². The Morgan fingerprint density at radius 3 is 2.37 bits per heavy atom. The van der Waals surface area contributed by atoms with Crippen LogP contribution >= 0.6 is 23.4 Å². The summed E-state index contributed by atoms with van der Waals surface area (Å²) in [5.41, 5.74) is 2.19. The van der Waals surface area contributed by atoms with Crippen LogP contribution in [0, 0.1) is 0 Å². The fourth-order valence-corrected chi connectivity index (χ4v) is 4.37. The SMILES string of the molecule is COc1ccc(NC(=O)N2CCC3(CC2)N=C(SC)C(c2ccc(Cl)cc2)=N3)cc1. The molecule has 2 heterocycles. The number of benzene rings is 2. The molecule has 2 aromatic rings. The van der Waals surface area contributed by atoms with Crippen molar-refractivity contribution in [3.05, 3.63) is 59.1 Å². The minimum Gasteiger partial charge on any atom is -0.497 e. The summed E-state index contributed by atoms with van der Waals surface area (Å²) in [4.78, 5) is 24.4. The van der Waals surface area contributed by atoms with Crippen molar-refractivity contribution in [1.82, 2.24) is 4.90 Å². The van der Waals surface area contributed by atoms with E-state index in [1.807, 2.05) is 59.7 Å². The van der Waals surface area contributed by atoms with E-state index in [2.05, 4.69) is 5.32 Å². The molecule has 0 unspecified atom stereocenters. The molecule has 0 aliphatic carbocycles. The molecule has 0 radical (unpaired) electrons. The van der Waals surface area contributed by atoms with Crippen molar-refractivity contribution in [2.75, 3.05) is 31.8 Å². The number of methoxy groups -OCH3 is 1. The van der Waals surface area contributed by atoms with Gasteiger partial charge in [0.05, 0.1) is 12.8 Å². The summed E-state index contributed by atoms with van der Waals surface area (Å²) in [5.74, 6) is 0.756. The third kappa shape index (κ3) is 4.32. The van der Waals surface area contributed by atoms with Crippen LogP contribution in [0.3, 0.4) is 0 Å². The highest BCUT2D eigenvalue weighted by atomic mass is 35.5. The second kappa shape index (κ2) is 8.70. The first-order valence-electron chi connectivity index (χ1n) is 9.72. The maximum absolute atomic E-state index is 12.7. The molecule has 6 nitrogen and oxygen atoms in total. The predicted molar refractivity (Wildman–Crippen MR) is 124 cm³/mol. The van der Waals surface area contributed by atoms with Gasteiger partial charge in [0.1, 0.15) is 10.8 Å². The highest BCUT2D eigenvalue weighted by Gasteiger charge is 2.40. The number of carbonyl (C=O) groups is 1. The number of aliphatic imine (C=N–C) groups is 2. The Morgan fingerprint density at radius 1 is 1.10 bits per heavy atom. The van der Waals surface area contributed by atoms with E-state index in [9.17, 15) is 4.79 Å². The monoisotopic (exact) mass is 442 g/mol. The molecular formula is C22H23ClN4O2S. The minimum absolute atomic E-state index is 0.107. The lowest BCUT2D eigenvalue weighted by molar-refractivity contribution is 0.175. The van der Waals surface area contributed by atoms with E-state index in [-0.39, 0.29) is 6.03 Å².